The third kappa shape index (κ3) is 6.82. The molecular formula is C23H34FN3O3. The lowest BCUT2D eigenvalue weighted by atomic mass is 9.88. The second-order valence-corrected chi connectivity index (χ2v) is 8.59. The molecule has 3 amide bonds. The van der Waals surface area contributed by atoms with Crippen LogP contribution in [-0.4, -0.2) is 47.8 Å². The molecule has 2 atom stereocenters. The maximum atomic E-state index is 13.2. The summed E-state index contributed by atoms with van der Waals surface area (Å²) in [7, 11) is 0. The molecule has 166 valence electrons. The summed E-state index contributed by atoms with van der Waals surface area (Å²) in [6, 6.07) is 4.56. The van der Waals surface area contributed by atoms with Gasteiger partial charge in [0, 0.05) is 31.1 Å². The average Bonchev–Trinajstić information content (AvgIpc) is 2.71. The lowest BCUT2D eigenvalue weighted by molar-refractivity contribution is -0.133. The van der Waals surface area contributed by atoms with Crippen LogP contribution in [0.15, 0.2) is 24.3 Å². The Bertz CT molecular complexity index is 728. The fraction of sp³-hybridized carbons (Fsp3) is 0.609. The van der Waals surface area contributed by atoms with Gasteiger partial charge < -0.3 is 15.5 Å². The molecule has 7 heteroatoms. The first kappa shape index (κ1) is 23.8. The van der Waals surface area contributed by atoms with Gasteiger partial charge in [-0.1, -0.05) is 20.8 Å². The van der Waals surface area contributed by atoms with Crippen LogP contribution < -0.4 is 10.6 Å². The zero-order chi connectivity index (χ0) is 22.3. The quantitative estimate of drug-likeness (QED) is 0.680. The van der Waals surface area contributed by atoms with Gasteiger partial charge in [0.05, 0.1) is 0 Å². The monoisotopic (exact) mass is 419 g/mol. The van der Waals surface area contributed by atoms with Gasteiger partial charge in [0.25, 0.3) is 5.91 Å². The van der Waals surface area contributed by atoms with E-state index >= 15 is 0 Å². The lowest BCUT2D eigenvalue weighted by Crippen LogP contribution is -2.55. The van der Waals surface area contributed by atoms with Crippen molar-refractivity contribution in [3.63, 3.8) is 0 Å². The predicted molar refractivity (Wildman–Crippen MR) is 114 cm³/mol. The van der Waals surface area contributed by atoms with Crippen molar-refractivity contribution in [1.82, 2.24) is 15.5 Å². The number of nitrogens with zero attached hydrogens (tertiary/aromatic N) is 1. The first-order valence-corrected chi connectivity index (χ1v) is 10.9. The van der Waals surface area contributed by atoms with Gasteiger partial charge >= 0.3 is 0 Å². The van der Waals surface area contributed by atoms with Gasteiger partial charge in [-0.05, 0) is 62.3 Å². The topological polar surface area (TPSA) is 78.5 Å². The van der Waals surface area contributed by atoms with E-state index in [1.807, 2.05) is 32.6 Å². The molecule has 1 aromatic rings. The van der Waals surface area contributed by atoms with Gasteiger partial charge in [-0.3, -0.25) is 14.4 Å². The van der Waals surface area contributed by atoms with Crippen LogP contribution >= 0.6 is 0 Å². The SMILES string of the molecule is CC[C@H](C)NC(=O)[C@@H](NC(=O)c1ccc(F)cc1)C1CCN(C(=O)CC(C)C)CC1. The van der Waals surface area contributed by atoms with E-state index in [4.69, 9.17) is 0 Å². The van der Waals surface area contributed by atoms with E-state index in [2.05, 4.69) is 10.6 Å². The number of piperidine rings is 1. The maximum absolute atomic E-state index is 13.2. The largest absolute Gasteiger partial charge is 0.352 e. The third-order valence-corrected chi connectivity index (χ3v) is 5.62. The first-order valence-electron chi connectivity index (χ1n) is 10.9. The van der Waals surface area contributed by atoms with Crippen LogP contribution in [0.5, 0.6) is 0 Å². The highest BCUT2D eigenvalue weighted by Crippen LogP contribution is 2.23. The van der Waals surface area contributed by atoms with Crippen molar-refractivity contribution in [1.29, 1.82) is 0 Å². The fourth-order valence-corrected chi connectivity index (χ4v) is 3.62. The summed E-state index contributed by atoms with van der Waals surface area (Å²) < 4.78 is 13.2. The van der Waals surface area contributed by atoms with Crippen LogP contribution in [0.1, 0.15) is 63.7 Å². The van der Waals surface area contributed by atoms with Crippen molar-refractivity contribution in [2.75, 3.05) is 13.1 Å². The zero-order valence-corrected chi connectivity index (χ0v) is 18.4. The van der Waals surface area contributed by atoms with E-state index in [1.54, 1.807) is 0 Å². The Hall–Kier alpha value is -2.44. The van der Waals surface area contributed by atoms with Gasteiger partial charge in [0.15, 0.2) is 0 Å². The summed E-state index contributed by atoms with van der Waals surface area (Å²) in [4.78, 5) is 39.8. The summed E-state index contributed by atoms with van der Waals surface area (Å²) >= 11 is 0. The maximum Gasteiger partial charge on any atom is 0.251 e. The number of hydrogen-bond donors (Lipinski definition) is 2. The molecular weight excluding hydrogens is 385 g/mol. The molecule has 30 heavy (non-hydrogen) atoms. The van der Waals surface area contributed by atoms with Crippen molar-refractivity contribution >= 4 is 17.7 Å². The van der Waals surface area contributed by atoms with Crippen LogP contribution in [0.25, 0.3) is 0 Å². The molecule has 0 unspecified atom stereocenters. The lowest BCUT2D eigenvalue weighted by Gasteiger charge is -2.36. The molecule has 0 saturated carbocycles. The molecule has 6 nitrogen and oxygen atoms in total. The van der Waals surface area contributed by atoms with E-state index in [0.29, 0.717) is 43.8 Å². The number of carbonyl (C=O) groups excluding carboxylic acids is 3. The van der Waals surface area contributed by atoms with Gasteiger partial charge in [-0.15, -0.1) is 0 Å². The summed E-state index contributed by atoms with van der Waals surface area (Å²) in [5.41, 5.74) is 0.308. The van der Waals surface area contributed by atoms with E-state index in [0.717, 1.165) is 6.42 Å². The molecule has 1 aliphatic heterocycles. The van der Waals surface area contributed by atoms with Gasteiger partial charge in [0.1, 0.15) is 11.9 Å². The van der Waals surface area contributed by atoms with Gasteiger partial charge in [-0.2, -0.15) is 0 Å². The number of rotatable bonds is 8. The number of amides is 3. The molecule has 2 N–H and O–H groups in total. The minimum Gasteiger partial charge on any atom is -0.352 e. The molecule has 2 rings (SSSR count). The Morgan fingerprint density at radius 3 is 2.20 bits per heavy atom. The molecule has 1 aliphatic rings. The highest BCUT2D eigenvalue weighted by Gasteiger charge is 2.34. The third-order valence-electron chi connectivity index (χ3n) is 5.62. The highest BCUT2D eigenvalue weighted by atomic mass is 19.1. The number of likely N-dealkylation sites (tertiary alicyclic amines) is 1. The van der Waals surface area contributed by atoms with E-state index in [-0.39, 0.29) is 23.8 Å². The van der Waals surface area contributed by atoms with Crippen LogP contribution in [0.3, 0.4) is 0 Å². The first-order chi connectivity index (χ1) is 14.2. The number of benzene rings is 1. The summed E-state index contributed by atoms with van der Waals surface area (Å²) in [5, 5.41) is 5.81. The Morgan fingerprint density at radius 2 is 1.67 bits per heavy atom. The Labute approximate surface area is 178 Å². The van der Waals surface area contributed by atoms with Crippen molar-refractivity contribution in [3.05, 3.63) is 35.6 Å². The highest BCUT2D eigenvalue weighted by molar-refractivity contribution is 5.97. The van der Waals surface area contributed by atoms with Crippen LogP contribution in [0.4, 0.5) is 4.39 Å². The van der Waals surface area contributed by atoms with Crippen LogP contribution in [-0.2, 0) is 9.59 Å². The molecule has 1 heterocycles. The molecule has 0 bridgehead atoms. The number of carbonyl (C=O) groups is 3. The van der Waals surface area contributed by atoms with Crippen molar-refractivity contribution in [2.45, 2.75) is 65.5 Å². The minimum atomic E-state index is -0.695. The summed E-state index contributed by atoms with van der Waals surface area (Å²) in [6.07, 6.45) is 2.59. The van der Waals surface area contributed by atoms with Crippen LogP contribution in [0, 0.1) is 17.7 Å². The number of nitrogens with one attached hydrogen (secondary N) is 2. The summed E-state index contributed by atoms with van der Waals surface area (Å²) in [6.45, 7) is 9.10. The van der Waals surface area contributed by atoms with Gasteiger partial charge in [-0.25, -0.2) is 4.39 Å². The van der Waals surface area contributed by atoms with Crippen molar-refractivity contribution < 1.29 is 18.8 Å². The van der Waals surface area contributed by atoms with Gasteiger partial charge in [0.2, 0.25) is 11.8 Å². The molecule has 1 aromatic carbocycles. The van der Waals surface area contributed by atoms with Crippen LogP contribution in [0.2, 0.25) is 0 Å². The van der Waals surface area contributed by atoms with Crippen molar-refractivity contribution in [3.8, 4) is 0 Å². The molecule has 1 fully saturated rings. The number of halogens is 1. The average molecular weight is 420 g/mol. The Morgan fingerprint density at radius 1 is 1.07 bits per heavy atom. The molecule has 0 aliphatic carbocycles. The Kier molecular flexibility index (Phi) is 8.81. The minimum absolute atomic E-state index is 0.00423. The standard InChI is InChI=1S/C23H34FN3O3/c1-5-16(4)25-23(30)21(26-22(29)18-6-8-19(24)9-7-18)17-10-12-27(13-11-17)20(28)14-15(2)3/h6-9,15-17,21H,5,10-14H2,1-4H3,(H,25,30)(H,26,29)/t16-,21-/m0/s1. The van der Waals surface area contributed by atoms with Crippen molar-refractivity contribution in [2.24, 2.45) is 11.8 Å². The number of hydrogen-bond acceptors (Lipinski definition) is 3. The molecule has 0 aromatic heterocycles. The van der Waals surface area contributed by atoms with E-state index in [1.165, 1.54) is 24.3 Å². The second kappa shape index (κ2) is 11.1. The predicted octanol–water partition coefficient (Wildman–Crippen LogP) is 3.12. The molecule has 0 radical (unpaired) electrons. The Balaban J connectivity index is 2.08. The van der Waals surface area contributed by atoms with E-state index < -0.39 is 17.8 Å². The molecule has 0 spiro atoms. The van der Waals surface area contributed by atoms with E-state index in [9.17, 15) is 18.8 Å². The second-order valence-electron chi connectivity index (χ2n) is 8.59. The summed E-state index contributed by atoms with van der Waals surface area (Å²) in [5.74, 6) is -0.666. The smallest absolute Gasteiger partial charge is 0.251 e. The molecule has 1 saturated heterocycles. The zero-order valence-electron chi connectivity index (χ0n) is 18.4. The fourth-order valence-electron chi connectivity index (χ4n) is 3.62. The normalized spacial score (nSPS) is 16.8.